The fourth-order valence-electron chi connectivity index (χ4n) is 0.565. The third-order valence-corrected chi connectivity index (χ3v) is 2.70. The Kier molecular flexibility index (Phi) is 2.92. The number of allylic oxidation sites excluding steroid dienone is 1. The molecular formula is C7H3Br2NO. The summed E-state index contributed by atoms with van der Waals surface area (Å²) in [6, 6.07) is 3.65. The molecule has 1 aromatic rings. The van der Waals surface area contributed by atoms with Crippen molar-refractivity contribution in [2.75, 3.05) is 0 Å². The zero-order valence-electron chi connectivity index (χ0n) is 5.34. The van der Waals surface area contributed by atoms with Gasteiger partial charge in [0, 0.05) is 6.08 Å². The van der Waals surface area contributed by atoms with E-state index >= 15 is 0 Å². The Morgan fingerprint density at radius 3 is 2.73 bits per heavy atom. The van der Waals surface area contributed by atoms with Crippen LogP contribution in [0.4, 0.5) is 0 Å². The van der Waals surface area contributed by atoms with Crippen molar-refractivity contribution < 1.29 is 4.42 Å². The largest absolute Gasteiger partial charge is 0.449 e. The van der Waals surface area contributed by atoms with Crippen molar-refractivity contribution in [1.82, 2.24) is 0 Å². The van der Waals surface area contributed by atoms with Crippen LogP contribution < -0.4 is 0 Å². The summed E-state index contributed by atoms with van der Waals surface area (Å²) < 4.78 is 6.63. The van der Waals surface area contributed by atoms with E-state index in [4.69, 9.17) is 9.68 Å². The molecule has 0 bridgehead atoms. The Morgan fingerprint density at radius 2 is 2.27 bits per heavy atom. The summed E-state index contributed by atoms with van der Waals surface area (Å²) in [4.78, 5) is 0. The standard InChI is InChI=1S/C7H3Br2NO/c8-6-4-5(2-1-3-10)11-7(6)9/h1-2,4H. The molecule has 0 fully saturated rings. The molecule has 0 saturated carbocycles. The first-order valence-electron chi connectivity index (χ1n) is 2.75. The highest BCUT2D eigenvalue weighted by molar-refractivity contribution is 9.13. The molecule has 0 aromatic carbocycles. The summed E-state index contributed by atoms with van der Waals surface area (Å²) in [5.74, 6) is 0.644. The minimum Gasteiger partial charge on any atom is -0.449 e. The highest BCUT2D eigenvalue weighted by atomic mass is 79.9. The first-order valence-corrected chi connectivity index (χ1v) is 4.33. The molecule has 0 N–H and O–H groups in total. The molecular weight excluding hydrogens is 274 g/mol. The molecule has 2 nitrogen and oxygen atoms in total. The molecule has 0 amide bonds. The SMILES string of the molecule is N#CC=Cc1cc(Br)c(Br)o1. The van der Waals surface area contributed by atoms with E-state index < -0.39 is 0 Å². The van der Waals surface area contributed by atoms with Crippen LogP contribution in [0.5, 0.6) is 0 Å². The fourth-order valence-corrected chi connectivity index (χ4v) is 1.17. The molecule has 56 valence electrons. The Labute approximate surface area is 80.8 Å². The van der Waals surface area contributed by atoms with Gasteiger partial charge in [0.25, 0.3) is 0 Å². The predicted molar refractivity (Wildman–Crippen MR) is 48.8 cm³/mol. The van der Waals surface area contributed by atoms with Gasteiger partial charge in [-0.2, -0.15) is 5.26 Å². The van der Waals surface area contributed by atoms with Crippen molar-refractivity contribution in [2.45, 2.75) is 0 Å². The Balaban J connectivity index is 2.91. The number of furan rings is 1. The maximum atomic E-state index is 8.20. The highest BCUT2D eigenvalue weighted by Gasteiger charge is 2.01. The number of nitrogens with zero attached hydrogens (tertiary/aromatic N) is 1. The van der Waals surface area contributed by atoms with Gasteiger partial charge in [0.05, 0.1) is 10.5 Å². The quantitative estimate of drug-likeness (QED) is 0.738. The number of hydrogen-bond donors (Lipinski definition) is 0. The van der Waals surface area contributed by atoms with Crippen molar-refractivity contribution in [1.29, 1.82) is 5.26 Å². The van der Waals surface area contributed by atoms with Crippen molar-refractivity contribution in [3.05, 3.63) is 27.0 Å². The van der Waals surface area contributed by atoms with Crippen LogP contribution in [0.1, 0.15) is 5.76 Å². The summed E-state index contributed by atoms with van der Waals surface area (Å²) in [5, 5.41) is 8.20. The summed E-state index contributed by atoms with van der Waals surface area (Å²) >= 11 is 6.43. The molecule has 0 aliphatic carbocycles. The number of halogens is 2. The van der Waals surface area contributed by atoms with Gasteiger partial charge in [-0.1, -0.05) is 0 Å². The van der Waals surface area contributed by atoms with E-state index in [9.17, 15) is 0 Å². The molecule has 0 aliphatic heterocycles. The van der Waals surface area contributed by atoms with E-state index in [1.165, 1.54) is 6.08 Å². The zero-order valence-corrected chi connectivity index (χ0v) is 8.52. The van der Waals surface area contributed by atoms with E-state index in [-0.39, 0.29) is 0 Å². The summed E-state index contributed by atoms with van der Waals surface area (Å²) in [5.41, 5.74) is 0. The number of hydrogen-bond acceptors (Lipinski definition) is 2. The van der Waals surface area contributed by atoms with Gasteiger partial charge >= 0.3 is 0 Å². The fraction of sp³-hybridized carbons (Fsp3) is 0. The van der Waals surface area contributed by atoms with Crippen molar-refractivity contribution in [2.24, 2.45) is 0 Å². The van der Waals surface area contributed by atoms with Gasteiger partial charge in [-0.15, -0.1) is 0 Å². The van der Waals surface area contributed by atoms with Crippen LogP contribution >= 0.6 is 31.9 Å². The summed E-state index contributed by atoms with van der Waals surface area (Å²) in [6.45, 7) is 0. The average molecular weight is 277 g/mol. The second-order valence-electron chi connectivity index (χ2n) is 1.73. The number of nitriles is 1. The number of rotatable bonds is 1. The maximum absolute atomic E-state index is 8.20. The minimum atomic E-state index is 0.634. The zero-order chi connectivity index (χ0) is 8.27. The van der Waals surface area contributed by atoms with Gasteiger partial charge in [-0.3, -0.25) is 0 Å². The normalized spacial score (nSPS) is 10.3. The van der Waals surface area contributed by atoms with Gasteiger partial charge in [-0.25, -0.2) is 0 Å². The summed E-state index contributed by atoms with van der Waals surface area (Å²) in [7, 11) is 0. The van der Waals surface area contributed by atoms with Crippen LogP contribution in [0, 0.1) is 11.3 Å². The van der Waals surface area contributed by atoms with Crippen LogP contribution in [0.2, 0.25) is 0 Å². The lowest BCUT2D eigenvalue weighted by Gasteiger charge is -1.78. The Hall–Kier alpha value is -0.530. The molecule has 1 heterocycles. The first kappa shape index (κ1) is 8.57. The monoisotopic (exact) mass is 275 g/mol. The second kappa shape index (κ2) is 3.74. The first-order chi connectivity index (χ1) is 5.24. The third kappa shape index (κ3) is 2.21. The second-order valence-corrected chi connectivity index (χ2v) is 3.31. The molecule has 0 saturated heterocycles. The lowest BCUT2D eigenvalue weighted by Crippen LogP contribution is -1.56. The molecule has 0 aliphatic rings. The van der Waals surface area contributed by atoms with Crippen LogP contribution in [0.25, 0.3) is 6.08 Å². The molecule has 4 heteroatoms. The lowest BCUT2D eigenvalue weighted by atomic mass is 10.4. The van der Waals surface area contributed by atoms with Crippen LogP contribution in [0.3, 0.4) is 0 Å². The van der Waals surface area contributed by atoms with Gasteiger partial charge < -0.3 is 4.42 Å². The lowest BCUT2D eigenvalue weighted by molar-refractivity contribution is 0.530. The Bertz CT molecular complexity index is 302. The van der Waals surface area contributed by atoms with Gasteiger partial charge in [0.15, 0.2) is 4.67 Å². The topological polar surface area (TPSA) is 36.9 Å². The molecule has 0 radical (unpaired) electrons. The van der Waals surface area contributed by atoms with Crippen LogP contribution in [-0.2, 0) is 0 Å². The van der Waals surface area contributed by atoms with E-state index in [0.29, 0.717) is 10.4 Å². The molecule has 0 atom stereocenters. The Morgan fingerprint density at radius 1 is 1.55 bits per heavy atom. The van der Waals surface area contributed by atoms with Crippen molar-refractivity contribution in [3.8, 4) is 6.07 Å². The van der Waals surface area contributed by atoms with E-state index in [2.05, 4.69) is 31.9 Å². The molecule has 11 heavy (non-hydrogen) atoms. The molecule has 1 aromatic heterocycles. The van der Waals surface area contributed by atoms with Crippen LogP contribution in [0.15, 0.2) is 25.7 Å². The van der Waals surface area contributed by atoms with E-state index in [0.717, 1.165) is 4.47 Å². The van der Waals surface area contributed by atoms with Gasteiger partial charge in [-0.05, 0) is 44.0 Å². The average Bonchev–Trinajstić information content (AvgIpc) is 2.28. The van der Waals surface area contributed by atoms with Crippen molar-refractivity contribution in [3.63, 3.8) is 0 Å². The third-order valence-electron chi connectivity index (χ3n) is 0.986. The van der Waals surface area contributed by atoms with Gasteiger partial charge in [0.1, 0.15) is 5.76 Å². The maximum Gasteiger partial charge on any atom is 0.184 e. The van der Waals surface area contributed by atoms with Crippen molar-refractivity contribution >= 4 is 37.9 Å². The van der Waals surface area contributed by atoms with Gasteiger partial charge in [0.2, 0.25) is 0 Å². The molecule has 1 rings (SSSR count). The van der Waals surface area contributed by atoms with E-state index in [1.807, 2.05) is 6.07 Å². The smallest absolute Gasteiger partial charge is 0.184 e. The van der Waals surface area contributed by atoms with E-state index in [1.54, 1.807) is 12.1 Å². The predicted octanol–water partition coefficient (Wildman–Crippen LogP) is 3.34. The summed E-state index contributed by atoms with van der Waals surface area (Å²) in [6.07, 6.45) is 2.95. The molecule has 0 unspecified atom stereocenters. The highest BCUT2D eigenvalue weighted by Crippen LogP contribution is 2.27. The van der Waals surface area contributed by atoms with Crippen LogP contribution in [-0.4, -0.2) is 0 Å². The minimum absolute atomic E-state index is 0.634. The molecule has 0 spiro atoms.